The summed E-state index contributed by atoms with van der Waals surface area (Å²) in [6.45, 7) is 10.6. The Balaban J connectivity index is 1.74. The maximum atomic E-state index is 12.9. The summed E-state index contributed by atoms with van der Waals surface area (Å²) < 4.78 is 1.94. The van der Waals surface area contributed by atoms with Crippen molar-refractivity contribution >= 4 is 40.9 Å². The van der Waals surface area contributed by atoms with Gasteiger partial charge in [0.25, 0.3) is 5.91 Å². The van der Waals surface area contributed by atoms with Crippen LogP contribution in [0, 0.1) is 19.8 Å². The van der Waals surface area contributed by atoms with Crippen LogP contribution < -0.4 is 10.6 Å². The molecule has 3 rings (SSSR count). The van der Waals surface area contributed by atoms with Gasteiger partial charge in [0.2, 0.25) is 5.91 Å². The first-order valence-corrected chi connectivity index (χ1v) is 12.6. The maximum absolute atomic E-state index is 12.9. The normalized spacial score (nSPS) is 12.0. The van der Waals surface area contributed by atoms with Crippen LogP contribution in [0.25, 0.3) is 0 Å². The average Bonchev–Trinajstić information content (AvgIpc) is 3.21. The van der Waals surface area contributed by atoms with Crippen LogP contribution in [0.3, 0.4) is 0 Å². The molecule has 2 amide bonds. The lowest BCUT2D eigenvalue weighted by Crippen LogP contribution is -2.34. The molecule has 0 bridgehead atoms. The molecule has 34 heavy (non-hydrogen) atoms. The van der Waals surface area contributed by atoms with Gasteiger partial charge in [-0.15, -0.1) is 10.2 Å². The van der Waals surface area contributed by atoms with E-state index in [0.717, 1.165) is 16.8 Å². The van der Waals surface area contributed by atoms with E-state index in [1.807, 2.05) is 57.4 Å². The first-order valence-electron chi connectivity index (χ1n) is 11.2. The van der Waals surface area contributed by atoms with Gasteiger partial charge in [-0.25, -0.2) is 0 Å². The summed E-state index contributed by atoms with van der Waals surface area (Å²) in [5.74, 6) is 0.533. The largest absolute Gasteiger partial charge is 0.342 e. The van der Waals surface area contributed by atoms with Gasteiger partial charge in [0.15, 0.2) is 11.0 Å². The Morgan fingerprint density at radius 3 is 2.35 bits per heavy atom. The molecule has 0 spiro atoms. The van der Waals surface area contributed by atoms with Crippen molar-refractivity contribution in [2.45, 2.75) is 52.4 Å². The molecule has 1 atom stereocenters. The fourth-order valence-corrected chi connectivity index (χ4v) is 4.68. The van der Waals surface area contributed by atoms with E-state index in [1.54, 1.807) is 24.3 Å². The molecule has 9 heteroatoms. The number of aryl methyl sites for hydroxylation is 2. The molecule has 3 aromatic rings. The number of rotatable bonds is 9. The zero-order chi connectivity index (χ0) is 24.8. The average molecular weight is 500 g/mol. The summed E-state index contributed by atoms with van der Waals surface area (Å²) in [4.78, 5) is 25.5. The third kappa shape index (κ3) is 5.98. The van der Waals surface area contributed by atoms with E-state index < -0.39 is 0 Å². The number of anilines is 1. The van der Waals surface area contributed by atoms with Crippen LogP contribution >= 0.6 is 23.4 Å². The highest BCUT2D eigenvalue weighted by atomic mass is 35.5. The lowest BCUT2D eigenvalue weighted by molar-refractivity contribution is -0.113. The summed E-state index contributed by atoms with van der Waals surface area (Å²) in [5.41, 5.74) is 3.29. The number of nitrogens with one attached hydrogen (secondary N) is 2. The van der Waals surface area contributed by atoms with E-state index in [9.17, 15) is 9.59 Å². The fraction of sp³-hybridized carbons (Fsp3) is 0.360. The van der Waals surface area contributed by atoms with E-state index in [2.05, 4.69) is 20.8 Å². The second-order valence-electron chi connectivity index (χ2n) is 8.36. The highest BCUT2D eigenvalue weighted by Gasteiger charge is 2.27. The van der Waals surface area contributed by atoms with Gasteiger partial charge >= 0.3 is 0 Å². The molecular weight excluding hydrogens is 470 g/mol. The first kappa shape index (κ1) is 25.8. The molecule has 0 aliphatic heterocycles. The van der Waals surface area contributed by atoms with Crippen LogP contribution in [-0.2, 0) is 11.3 Å². The molecule has 0 saturated heterocycles. The minimum Gasteiger partial charge on any atom is -0.342 e. The summed E-state index contributed by atoms with van der Waals surface area (Å²) in [6, 6.07) is 12.5. The van der Waals surface area contributed by atoms with Gasteiger partial charge in [-0.3, -0.25) is 9.59 Å². The number of hydrogen-bond acceptors (Lipinski definition) is 5. The molecule has 1 heterocycles. The summed E-state index contributed by atoms with van der Waals surface area (Å²) in [6.07, 6.45) is 0. The minimum atomic E-state index is -0.367. The standard InChI is InChI=1S/C25H30ClN5O2S/c1-6-31-23(21(15(2)3)28-24(33)18-12-7-8-13-19(18)26)29-30-25(31)34-14-20(32)27-22-16(4)10-9-11-17(22)5/h7-13,15,21H,6,14H2,1-5H3,(H,27,32)(H,28,33)/t21-/m0/s1. The van der Waals surface area contributed by atoms with Crippen molar-refractivity contribution in [3.8, 4) is 0 Å². The molecule has 1 aromatic heterocycles. The predicted octanol–water partition coefficient (Wildman–Crippen LogP) is 5.43. The molecule has 180 valence electrons. The van der Waals surface area contributed by atoms with Crippen molar-refractivity contribution in [2.75, 3.05) is 11.1 Å². The highest BCUT2D eigenvalue weighted by molar-refractivity contribution is 7.99. The van der Waals surface area contributed by atoms with Gasteiger partial charge < -0.3 is 15.2 Å². The topological polar surface area (TPSA) is 88.9 Å². The number of benzene rings is 2. The number of para-hydroxylation sites is 1. The van der Waals surface area contributed by atoms with Crippen LogP contribution in [0.4, 0.5) is 5.69 Å². The number of carbonyl (C=O) groups is 2. The Bertz CT molecular complexity index is 1160. The Labute approximate surface area is 209 Å². The van der Waals surface area contributed by atoms with E-state index in [-0.39, 0.29) is 29.5 Å². The van der Waals surface area contributed by atoms with Gasteiger partial charge in [0.05, 0.1) is 22.4 Å². The van der Waals surface area contributed by atoms with E-state index >= 15 is 0 Å². The molecule has 7 nitrogen and oxygen atoms in total. The smallest absolute Gasteiger partial charge is 0.253 e. The van der Waals surface area contributed by atoms with Crippen molar-refractivity contribution in [3.63, 3.8) is 0 Å². The van der Waals surface area contributed by atoms with Gasteiger partial charge in [0, 0.05) is 12.2 Å². The number of carbonyl (C=O) groups excluding carboxylic acids is 2. The van der Waals surface area contributed by atoms with Crippen LogP contribution in [0.5, 0.6) is 0 Å². The number of amides is 2. The van der Waals surface area contributed by atoms with Crippen molar-refractivity contribution in [1.29, 1.82) is 0 Å². The van der Waals surface area contributed by atoms with Crippen molar-refractivity contribution in [3.05, 3.63) is 70.0 Å². The van der Waals surface area contributed by atoms with Gasteiger partial charge in [-0.05, 0) is 49.9 Å². The maximum Gasteiger partial charge on any atom is 0.253 e. The third-order valence-electron chi connectivity index (χ3n) is 5.49. The Kier molecular flexibility index (Phi) is 8.74. The van der Waals surface area contributed by atoms with E-state index in [4.69, 9.17) is 11.6 Å². The van der Waals surface area contributed by atoms with Crippen molar-refractivity contribution in [1.82, 2.24) is 20.1 Å². The molecular formula is C25H30ClN5O2S. The third-order valence-corrected chi connectivity index (χ3v) is 6.79. The quantitative estimate of drug-likeness (QED) is 0.383. The van der Waals surface area contributed by atoms with Crippen LogP contribution in [0.15, 0.2) is 47.6 Å². The molecule has 0 saturated carbocycles. The first-order chi connectivity index (χ1) is 16.2. The number of halogens is 1. The van der Waals surface area contributed by atoms with E-state index in [0.29, 0.717) is 28.1 Å². The monoisotopic (exact) mass is 499 g/mol. The molecule has 0 aliphatic rings. The molecule has 2 aromatic carbocycles. The second-order valence-corrected chi connectivity index (χ2v) is 9.71. The number of aromatic nitrogens is 3. The van der Waals surface area contributed by atoms with Gasteiger partial charge in [0.1, 0.15) is 0 Å². The van der Waals surface area contributed by atoms with Crippen LogP contribution in [0.1, 0.15) is 54.1 Å². The van der Waals surface area contributed by atoms with Crippen LogP contribution in [0.2, 0.25) is 5.02 Å². The lowest BCUT2D eigenvalue weighted by atomic mass is 10.0. The molecule has 0 aliphatic carbocycles. The zero-order valence-corrected chi connectivity index (χ0v) is 21.6. The molecule has 0 unspecified atom stereocenters. The van der Waals surface area contributed by atoms with E-state index in [1.165, 1.54) is 11.8 Å². The number of hydrogen-bond donors (Lipinski definition) is 2. The highest BCUT2D eigenvalue weighted by Crippen LogP contribution is 2.27. The number of nitrogens with zero attached hydrogens (tertiary/aromatic N) is 3. The van der Waals surface area contributed by atoms with Crippen LogP contribution in [-0.4, -0.2) is 32.3 Å². The fourth-order valence-electron chi connectivity index (χ4n) is 3.65. The Morgan fingerprint density at radius 2 is 1.74 bits per heavy atom. The van der Waals surface area contributed by atoms with Crippen molar-refractivity contribution < 1.29 is 9.59 Å². The lowest BCUT2D eigenvalue weighted by Gasteiger charge is -2.22. The molecule has 0 fully saturated rings. The van der Waals surface area contributed by atoms with Gasteiger partial charge in [-0.1, -0.05) is 67.5 Å². The second kappa shape index (κ2) is 11.5. The predicted molar refractivity (Wildman–Crippen MR) is 137 cm³/mol. The van der Waals surface area contributed by atoms with Crippen molar-refractivity contribution in [2.24, 2.45) is 5.92 Å². The summed E-state index contributed by atoms with van der Waals surface area (Å²) >= 11 is 7.53. The summed E-state index contributed by atoms with van der Waals surface area (Å²) in [5, 5.41) is 15.8. The van der Waals surface area contributed by atoms with Gasteiger partial charge in [-0.2, -0.15) is 0 Å². The molecule has 2 N–H and O–H groups in total. The zero-order valence-electron chi connectivity index (χ0n) is 20.1. The SMILES string of the molecule is CCn1c(SCC(=O)Nc2c(C)cccc2C)nnc1[C@@H](NC(=O)c1ccccc1Cl)C(C)C. The minimum absolute atomic E-state index is 0.0612. The molecule has 0 radical (unpaired) electrons. The summed E-state index contributed by atoms with van der Waals surface area (Å²) in [7, 11) is 0. The Morgan fingerprint density at radius 1 is 1.06 bits per heavy atom. The Hall–Kier alpha value is -2.84. The number of thioether (sulfide) groups is 1.